The van der Waals surface area contributed by atoms with Gasteiger partial charge >= 0.3 is 5.97 Å². The number of carboxylic acid groups (broad SMARTS) is 1. The number of halogens is 2. The molecule has 0 aliphatic heterocycles. The van der Waals surface area contributed by atoms with E-state index in [1.54, 1.807) is 19.1 Å². The Bertz CT molecular complexity index is 734. The van der Waals surface area contributed by atoms with Gasteiger partial charge in [0.15, 0.2) is 0 Å². The van der Waals surface area contributed by atoms with Gasteiger partial charge in [0.05, 0.1) is 16.8 Å². The quantitative estimate of drug-likeness (QED) is 0.808. The number of nitrogens with one attached hydrogen (secondary N) is 1. The summed E-state index contributed by atoms with van der Waals surface area (Å²) in [5.74, 6) is -1.64. The maximum atomic E-state index is 12.3. The molecule has 1 heterocycles. The van der Waals surface area contributed by atoms with Crippen molar-refractivity contribution in [1.29, 1.82) is 0 Å². The minimum atomic E-state index is -1.12. The first-order valence-electron chi connectivity index (χ1n) is 5.85. The summed E-state index contributed by atoms with van der Waals surface area (Å²) < 4.78 is 0.597. The number of benzene rings is 1. The Hall–Kier alpha value is -1.92. The molecule has 2 rings (SSSR count). The van der Waals surface area contributed by atoms with Crippen LogP contribution in [0.2, 0.25) is 5.15 Å². The second kappa shape index (κ2) is 6.24. The first kappa shape index (κ1) is 15.5. The van der Waals surface area contributed by atoms with Gasteiger partial charge in [-0.2, -0.15) is 0 Å². The fraction of sp³-hybridized carbons (Fsp3) is 0.0714. The molecule has 5 nitrogen and oxygen atoms in total. The minimum absolute atomic E-state index is 0.0161. The molecule has 1 aromatic carbocycles. The van der Waals surface area contributed by atoms with Crippen LogP contribution in [0, 0.1) is 6.92 Å². The molecule has 2 aromatic rings. The SMILES string of the molecule is Cc1cccc(C(=O)O)c1NC(=O)c1cc(Br)cnc1Cl. The zero-order chi connectivity index (χ0) is 15.6. The summed E-state index contributed by atoms with van der Waals surface area (Å²) in [7, 11) is 0. The van der Waals surface area contributed by atoms with E-state index in [2.05, 4.69) is 26.2 Å². The predicted molar refractivity (Wildman–Crippen MR) is 83.0 cm³/mol. The number of aromatic carboxylic acids is 1. The lowest BCUT2D eigenvalue weighted by Gasteiger charge is -2.12. The topological polar surface area (TPSA) is 79.3 Å². The Kier molecular flexibility index (Phi) is 4.59. The molecule has 2 N–H and O–H groups in total. The highest BCUT2D eigenvalue weighted by Crippen LogP contribution is 2.24. The lowest BCUT2D eigenvalue weighted by atomic mass is 10.1. The second-order valence-corrected chi connectivity index (χ2v) is 5.52. The second-order valence-electron chi connectivity index (χ2n) is 4.25. The number of carbonyl (C=O) groups is 2. The average molecular weight is 370 g/mol. The van der Waals surface area contributed by atoms with Crippen molar-refractivity contribution < 1.29 is 14.7 Å². The van der Waals surface area contributed by atoms with Crippen molar-refractivity contribution in [3.8, 4) is 0 Å². The van der Waals surface area contributed by atoms with E-state index in [-0.39, 0.29) is 22.0 Å². The molecule has 0 bridgehead atoms. The van der Waals surface area contributed by atoms with Crippen molar-refractivity contribution in [2.75, 3.05) is 5.32 Å². The Labute approximate surface area is 134 Å². The molecular formula is C14H10BrClN2O3. The summed E-state index contributed by atoms with van der Waals surface area (Å²) in [5.41, 5.74) is 1.06. The highest BCUT2D eigenvalue weighted by molar-refractivity contribution is 9.10. The molecule has 0 atom stereocenters. The number of carboxylic acids is 1. The van der Waals surface area contributed by atoms with Crippen molar-refractivity contribution in [2.45, 2.75) is 6.92 Å². The van der Waals surface area contributed by atoms with Crippen LogP contribution in [0.15, 0.2) is 34.9 Å². The van der Waals surface area contributed by atoms with Crippen LogP contribution in [0.1, 0.15) is 26.3 Å². The van der Waals surface area contributed by atoms with Crippen LogP contribution in [-0.4, -0.2) is 22.0 Å². The molecule has 0 saturated carbocycles. The molecule has 7 heteroatoms. The van der Waals surface area contributed by atoms with Gasteiger partial charge in [0.25, 0.3) is 5.91 Å². The van der Waals surface area contributed by atoms with Crippen LogP contribution in [0.4, 0.5) is 5.69 Å². The van der Waals surface area contributed by atoms with E-state index in [4.69, 9.17) is 11.6 Å². The van der Waals surface area contributed by atoms with Crippen LogP contribution in [0.3, 0.4) is 0 Å². The van der Waals surface area contributed by atoms with Crippen molar-refractivity contribution in [3.63, 3.8) is 0 Å². The summed E-state index contributed by atoms with van der Waals surface area (Å²) in [6.45, 7) is 1.71. The number of amides is 1. The number of aryl methyl sites for hydroxylation is 1. The van der Waals surface area contributed by atoms with Crippen LogP contribution in [-0.2, 0) is 0 Å². The van der Waals surface area contributed by atoms with E-state index in [9.17, 15) is 14.7 Å². The highest BCUT2D eigenvalue weighted by Gasteiger charge is 2.17. The van der Waals surface area contributed by atoms with Crippen LogP contribution >= 0.6 is 27.5 Å². The Morgan fingerprint density at radius 1 is 1.33 bits per heavy atom. The van der Waals surface area contributed by atoms with E-state index >= 15 is 0 Å². The number of hydrogen-bond donors (Lipinski definition) is 2. The molecule has 108 valence electrons. The molecule has 1 amide bonds. The number of rotatable bonds is 3. The molecule has 1 aromatic heterocycles. The van der Waals surface area contributed by atoms with Crippen LogP contribution in [0.5, 0.6) is 0 Å². The number of aromatic nitrogens is 1. The number of pyridine rings is 1. The average Bonchev–Trinajstić information content (AvgIpc) is 2.43. The summed E-state index contributed by atoms with van der Waals surface area (Å²) in [6.07, 6.45) is 1.47. The number of anilines is 1. The first-order valence-corrected chi connectivity index (χ1v) is 7.02. The van der Waals surface area contributed by atoms with Crippen LogP contribution < -0.4 is 5.32 Å². The molecule has 0 saturated heterocycles. The highest BCUT2D eigenvalue weighted by atomic mass is 79.9. The minimum Gasteiger partial charge on any atom is -0.478 e. The maximum absolute atomic E-state index is 12.3. The van der Waals surface area contributed by atoms with E-state index < -0.39 is 11.9 Å². The lowest BCUT2D eigenvalue weighted by molar-refractivity contribution is 0.0698. The summed E-state index contributed by atoms with van der Waals surface area (Å²) in [4.78, 5) is 27.3. The van der Waals surface area contributed by atoms with Gasteiger partial charge in [-0.15, -0.1) is 0 Å². The largest absolute Gasteiger partial charge is 0.478 e. The standard InChI is InChI=1S/C14H10BrClN2O3/c1-7-3-2-4-9(14(20)21)11(7)18-13(19)10-5-8(15)6-17-12(10)16/h2-6H,1H3,(H,18,19)(H,20,21). The predicted octanol–water partition coefficient (Wildman–Crippen LogP) is 3.76. The Morgan fingerprint density at radius 2 is 2.05 bits per heavy atom. The third-order valence-electron chi connectivity index (χ3n) is 2.79. The zero-order valence-corrected chi connectivity index (χ0v) is 13.2. The van der Waals surface area contributed by atoms with Crippen LogP contribution in [0.25, 0.3) is 0 Å². The van der Waals surface area contributed by atoms with Crippen molar-refractivity contribution >= 4 is 45.1 Å². The Balaban J connectivity index is 2.41. The smallest absolute Gasteiger partial charge is 0.337 e. The molecule has 0 spiro atoms. The van der Waals surface area contributed by atoms with Crippen molar-refractivity contribution in [3.05, 3.63) is 56.8 Å². The summed E-state index contributed by atoms with van der Waals surface area (Å²) in [6, 6.07) is 6.26. The Morgan fingerprint density at radius 3 is 2.71 bits per heavy atom. The third-order valence-corrected chi connectivity index (χ3v) is 3.53. The lowest BCUT2D eigenvalue weighted by Crippen LogP contribution is -2.16. The fourth-order valence-corrected chi connectivity index (χ4v) is 2.30. The molecular weight excluding hydrogens is 360 g/mol. The molecule has 0 aliphatic rings. The van der Waals surface area contributed by atoms with E-state index in [1.165, 1.54) is 18.3 Å². The van der Waals surface area contributed by atoms with Gasteiger partial charge in [-0.3, -0.25) is 4.79 Å². The molecule has 0 unspecified atom stereocenters. The monoisotopic (exact) mass is 368 g/mol. The van der Waals surface area contributed by atoms with Crippen molar-refractivity contribution in [1.82, 2.24) is 4.98 Å². The number of carbonyl (C=O) groups excluding carboxylic acids is 1. The molecule has 0 fully saturated rings. The van der Waals surface area contributed by atoms with Crippen molar-refractivity contribution in [2.24, 2.45) is 0 Å². The van der Waals surface area contributed by atoms with Gasteiger partial charge in [-0.05, 0) is 40.5 Å². The zero-order valence-electron chi connectivity index (χ0n) is 10.9. The molecule has 0 aliphatic carbocycles. The maximum Gasteiger partial charge on any atom is 0.337 e. The van der Waals surface area contributed by atoms with Gasteiger partial charge in [0.1, 0.15) is 5.15 Å². The van der Waals surface area contributed by atoms with Gasteiger partial charge in [0.2, 0.25) is 0 Å². The van der Waals surface area contributed by atoms with E-state index in [0.29, 0.717) is 10.0 Å². The fourth-order valence-electron chi connectivity index (χ4n) is 1.77. The van der Waals surface area contributed by atoms with E-state index in [1.807, 2.05) is 0 Å². The van der Waals surface area contributed by atoms with Gasteiger partial charge in [-0.25, -0.2) is 9.78 Å². The number of para-hydroxylation sites is 1. The normalized spacial score (nSPS) is 10.2. The van der Waals surface area contributed by atoms with Gasteiger partial charge < -0.3 is 10.4 Å². The summed E-state index contributed by atoms with van der Waals surface area (Å²) >= 11 is 9.10. The molecule has 0 radical (unpaired) electrons. The van der Waals surface area contributed by atoms with Gasteiger partial charge in [-0.1, -0.05) is 23.7 Å². The van der Waals surface area contributed by atoms with E-state index in [0.717, 1.165) is 0 Å². The number of hydrogen-bond acceptors (Lipinski definition) is 3. The van der Waals surface area contributed by atoms with Gasteiger partial charge in [0, 0.05) is 10.7 Å². The summed E-state index contributed by atoms with van der Waals surface area (Å²) in [5, 5.41) is 11.8. The third kappa shape index (κ3) is 3.40. The number of nitrogens with zero attached hydrogens (tertiary/aromatic N) is 1. The molecule has 21 heavy (non-hydrogen) atoms. The first-order chi connectivity index (χ1) is 9.90.